The molecule has 0 aliphatic heterocycles. The average Bonchev–Trinajstić information content (AvgIpc) is 2.96. The van der Waals surface area contributed by atoms with Crippen LogP contribution >= 0.6 is 12.2 Å². The Labute approximate surface area is 170 Å². The molecule has 0 radical (unpaired) electrons. The van der Waals surface area contributed by atoms with Crippen LogP contribution in [0.5, 0.6) is 0 Å². The summed E-state index contributed by atoms with van der Waals surface area (Å²) >= 11 is 5.56. The lowest BCUT2D eigenvalue weighted by molar-refractivity contribution is 0.0963. The van der Waals surface area contributed by atoms with Crippen LogP contribution in [0.25, 0.3) is 0 Å². The Bertz CT molecular complexity index is 992. The van der Waals surface area contributed by atoms with Gasteiger partial charge in [-0.25, -0.2) is 4.68 Å². The maximum Gasteiger partial charge on any atom is 0.251 e. The molecule has 0 saturated carbocycles. The van der Waals surface area contributed by atoms with Crippen LogP contribution in [-0.4, -0.2) is 39.3 Å². The van der Waals surface area contributed by atoms with Crippen LogP contribution in [-0.2, 0) is 26.7 Å². The van der Waals surface area contributed by atoms with Gasteiger partial charge in [0.1, 0.15) is 5.82 Å². The Morgan fingerprint density at radius 2 is 1.79 bits per heavy atom. The van der Waals surface area contributed by atoms with Crippen LogP contribution in [0.3, 0.4) is 0 Å². The summed E-state index contributed by atoms with van der Waals surface area (Å²) < 4.78 is 4.52. The highest BCUT2D eigenvalue weighted by Gasteiger charge is 2.11. The summed E-state index contributed by atoms with van der Waals surface area (Å²) in [5.74, 6) is 0.866. The van der Waals surface area contributed by atoms with Gasteiger partial charge in [0.05, 0.1) is 6.67 Å². The first-order valence-electron chi connectivity index (χ1n) is 9.14. The second kappa shape index (κ2) is 8.95. The molecule has 0 atom stereocenters. The first kappa shape index (κ1) is 20.0. The smallest absolute Gasteiger partial charge is 0.251 e. The van der Waals surface area contributed by atoms with Crippen molar-refractivity contribution in [3.05, 3.63) is 81.9 Å². The lowest BCUT2D eigenvalue weighted by atomic mass is 10.1. The summed E-state index contributed by atoms with van der Waals surface area (Å²) in [7, 11) is 5.62. The molecule has 2 aromatic carbocycles. The topological polar surface area (TPSA) is 55.1 Å². The third-order valence-electron chi connectivity index (χ3n) is 4.61. The molecular formula is C21H25N5OS. The van der Waals surface area contributed by atoms with E-state index in [1.807, 2.05) is 65.8 Å². The first-order valence-corrected chi connectivity index (χ1v) is 9.55. The Balaban J connectivity index is 1.67. The van der Waals surface area contributed by atoms with Crippen LogP contribution in [0.4, 0.5) is 0 Å². The van der Waals surface area contributed by atoms with E-state index in [4.69, 9.17) is 17.3 Å². The lowest BCUT2D eigenvalue weighted by Crippen LogP contribution is -2.23. The molecule has 1 heterocycles. The summed E-state index contributed by atoms with van der Waals surface area (Å²) in [5.41, 5.74) is 3.00. The maximum atomic E-state index is 11.6. The molecule has 1 amide bonds. The average molecular weight is 396 g/mol. The van der Waals surface area contributed by atoms with Gasteiger partial charge in [-0.2, -0.15) is 5.10 Å². The summed E-state index contributed by atoms with van der Waals surface area (Å²) in [6.07, 6.45) is 0.749. The van der Waals surface area contributed by atoms with E-state index in [1.54, 1.807) is 7.05 Å². The number of amides is 1. The molecule has 0 bridgehead atoms. The summed E-state index contributed by atoms with van der Waals surface area (Å²) in [6, 6.07) is 17.9. The maximum absolute atomic E-state index is 11.6. The normalized spacial score (nSPS) is 11.0. The number of nitrogens with one attached hydrogen (secondary N) is 1. The van der Waals surface area contributed by atoms with Crippen molar-refractivity contribution in [1.82, 2.24) is 24.6 Å². The van der Waals surface area contributed by atoms with Crippen LogP contribution in [0.1, 0.15) is 27.3 Å². The fraction of sp³-hybridized carbons (Fsp3) is 0.286. The van der Waals surface area contributed by atoms with Crippen molar-refractivity contribution < 1.29 is 4.79 Å². The highest BCUT2D eigenvalue weighted by atomic mass is 32.1. The van der Waals surface area contributed by atoms with E-state index in [9.17, 15) is 4.79 Å². The molecule has 0 unspecified atom stereocenters. The summed E-state index contributed by atoms with van der Waals surface area (Å²) in [4.78, 5) is 13.8. The minimum absolute atomic E-state index is 0.0781. The summed E-state index contributed by atoms with van der Waals surface area (Å²) in [5, 5.41) is 7.35. The SMILES string of the molecule is CNC(=O)c1ccc(CN(C)Cn2nc(Cc3ccccc3)n(C)c2=S)cc1. The van der Waals surface area contributed by atoms with Gasteiger partial charge >= 0.3 is 0 Å². The fourth-order valence-electron chi connectivity index (χ4n) is 3.05. The number of hydrogen-bond acceptors (Lipinski definition) is 4. The summed E-state index contributed by atoms with van der Waals surface area (Å²) in [6.45, 7) is 1.33. The van der Waals surface area contributed by atoms with Crippen LogP contribution in [0.15, 0.2) is 54.6 Å². The number of rotatable bonds is 7. The fourth-order valence-corrected chi connectivity index (χ4v) is 3.26. The molecule has 7 heteroatoms. The van der Waals surface area contributed by atoms with Crippen LogP contribution < -0.4 is 5.32 Å². The molecule has 1 aromatic heterocycles. The van der Waals surface area contributed by atoms with Crippen molar-refractivity contribution in [3.63, 3.8) is 0 Å². The van der Waals surface area contributed by atoms with E-state index in [1.165, 1.54) is 5.56 Å². The number of nitrogens with zero attached hydrogens (tertiary/aromatic N) is 4. The minimum Gasteiger partial charge on any atom is -0.355 e. The highest BCUT2D eigenvalue weighted by molar-refractivity contribution is 7.71. The van der Waals surface area contributed by atoms with E-state index in [0.717, 1.165) is 24.4 Å². The van der Waals surface area contributed by atoms with Crippen molar-refractivity contribution in [2.24, 2.45) is 7.05 Å². The molecule has 0 aliphatic carbocycles. The number of carbonyl (C=O) groups excluding carboxylic acids is 1. The van der Waals surface area contributed by atoms with Gasteiger partial charge in [-0.05, 0) is 42.5 Å². The Morgan fingerprint density at radius 1 is 1.11 bits per heavy atom. The number of benzene rings is 2. The van der Waals surface area contributed by atoms with Gasteiger partial charge < -0.3 is 9.88 Å². The first-order chi connectivity index (χ1) is 13.5. The largest absolute Gasteiger partial charge is 0.355 e. The number of carbonyl (C=O) groups is 1. The van der Waals surface area contributed by atoms with Crippen LogP contribution in [0.2, 0.25) is 0 Å². The zero-order valence-electron chi connectivity index (χ0n) is 16.4. The van der Waals surface area contributed by atoms with Crippen molar-refractivity contribution in [1.29, 1.82) is 0 Å². The molecule has 3 aromatic rings. The van der Waals surface area contributed by atoms with Gasteiger partial charge in [-0.15, -0.1) is 0 Å². The molecular weight excluding hydrogens is 370 g/mol. The molecule has 3 rings (SSSR count). The standard InChI is InChI=1S/C21H25N5OS/c1-22-20(27)18-11-9-17(10-12-18)14-24(2)15-26-21(28)25(3)19(23-26)13-16-7-5-4-6-8-16/h4-12H,13-15H2,1-3H3,(H,22,27). The Morgan fingerprint density at radius 3 is 2.43 bits per heavy atom. The number of aromatic nitrogens is 3. The van der Waals surface area contributed by atoms with E-state index >= 15 is 0 Å². The van der Waals surface area contributed by atoms with E-state index in [-0.39, 0.29) is 5.91 Å². The zero-order valence-corrected chi connectivity index (χ0v) is 17.2. The van der Waals surface area contributed by atoms with Crippen molar-refractivity contribution in [3.8, 4) is 0 Å². The number of hydrogen-bond donors (Lipinski definition) is 1. The predicted octanol–water partition coefficient (Wildman–Crippen LogP) is 2.99. The van der Waals surface area contributed by atoms with E-state index < -0.39 is 0 Å². The lowest BCUT2D eigenvalue weighted by Gasteiger charge is -2.16. The Hall–Kier alpha value is -2.77. The van der Waals surface area contributed by atoms with Gasteiger partial charge in [-0.3, -0.25) is 9.69 Å². The highest BCUT2D eigenvalue weighted by Crippen LogP contribution is 2.10. The second-order valence-corrected chi connectivity index (χ2v) is 7.22. The molecule has 0 fully saturated rings. The monoisotopic (exact) mass is 395 g/mol. The van der Waals surface area contributed by atoms with Gasteiger partial charge in [0.15, 0.2) is 4.77 Å². The van der Waals surface area contributed by atoms with Gasteiger partial charge in [0, 0.05) is 32.6 Å². The van der Waals surface area contributed by atoms with Crippen molar-refractivity contribution in [2.75, 3.05) is 14.1 Å². The van der Waals surface area contributed by atoms with Gasteiger partial charge in [0.25, 0.3) is 5.91 Å². The van der Waals surface area contributed by atoms with Gasteiger partial charge in [0.2, 0.25) is 0 Å². The molecule has 0 saturated heterocycles. The third kappa shape index (κ3) is 4.74. The quantitative estimate of drug-likeness (QED) is 0.625. The molecule has 0 aliphatic rings. The zero-order chi connectivity index (χ0) is 20.1. The molecule has 6 nitrogen and oxygen atoms in total. The van der Waals surface area contributed by atoms with Gasteiger partial charge in [-0.1, -0.05) is 42.5 Å². The third-order valence-corrected chi connectivity index (χ3v) is 5.09. The van der Waals surface area contributed by atoms with Crippen molar-refractivity contribution >= 4 is 18.1 Å². The molecule has 0 spiro atoms. The van der Waals surface area contributed by atoms with E-state index in [0.29, 0.717) is 17.0 Å². The van der Waals surface area contributed by atoms with Crippen molar-refractivity contribution in [2.45, 2.75) is 19.6 Å². The minimum atomic E-state index is -0.0781. The molecule has 28 heavy (non-hydrogen) atoms. The van der Waals surface area contributed by atoms with E-state index in [2.05, 4.69) is 22.3 Å². The second-order valence-electron chi connectivity index (χ2n) is 6.85. The molecule has 146 valence electrons. The Kier molecular flexibility index (Phi) is 6.38. The predicted molar refractivity (Wildman–Crippen MR) is 113 cm³/mol. The molecule has 1 N–H and O–H groups in total. The van der Waals surface area contributed by atoms with Crippen LogP contribution in [0, 0.1) is 4.77 Å².